The monoisotopic (exact) mass is 285 g/mol. The van der Waals surface area contributed by atoms with Crippen molar-refractivity contribution >= 4 is 12.0 Å². The summed E-state index contributed by atoms with van der Waals surface area (Å²) >= 11 is 0. The molecular weight excluding hydrogens is 258 g/mol. The molecular formula is C14H27N3O3. The Morgan fingerprint density at radius 2 is 2.05 bits per heavy atom. The molecule has 6 nitrogen and oxygen atoms in total. The summed E-state index contributed by atoms with van der Waals surface area (Å²) < 4.78 is 5.33. The number of hydrogen-bond acceptors (Lipinski definition) is 4. The Labute approximate surface area is 121 Å². The van der Waals surface area contributed by atoms with E-state index < -0.39 is 5.60 Å². The van der Waals surface area contributed by atoms with Gasteiger partial charge in [0, 0.05) is 25.7 Å². The van der Waals surface area contributed by atoms with Crippen molar-refractivity contribution in [1.29, 1.82) is 0 Å². The van der Waals surface area contributed by atoms with Crippen molar-refractivity contribution in [2.75, 3.05) is 26.2 Å². The van der Waals surface area contributed by atoms with Gasteiger partial charge in [0.15, 0.2) is 0 Å². The number of nitrogens with one attached hydrogen (secondary N) is 2. The number of carbonyl (C=O) groups excluding carboxylic acids is 2. The van der Waals surface area contributed by atoms with Crippen molar-refractivity contribution in [2.45, 2.75) is 52.2 Å². The number of carbonyl (C=O) groups is 2. The molecule has 1 atom stereocenters. The van der Waals surface area contributed by atoms with E-state index in [9.17, 15) is 9.59 Å². The molecule has 0 aromatic heterocycles. The fourth-order valence-electron chi connectivity index (χ4n) is 1.98. The van der Waals surface area contributed by atoms with Crippen LogP contribution in [0.1, 0.15) is 40.5 Å². The predicted octanol–water partition coefficient (Wildman–Crippen LogP) is 1.11. The van der Waals surface area contributed by atoms with Gasteiger partial charge < -0.3 is 20.3 Å². The average molecular weight is 285 g/mol. The van der Waals surface area contributed by atoms with E-state index >= 15 is 0 Å². The lowest BCUT2D eigenvalue weighted by atomic mass is 10.2. The zero-order valence-electron chi connectivity index (χ0n) is 13.0. The fourth-order valence-corrected chi connectivity index (χ4v) is 1.98. The summed E-state index contributed by atoms with van der Waals surface area (Å²) in [7, 11) is 0. The normalized spacial score (nSPS) is 19.0. The van der Waals surface area contributed by atoms with Crippen LogP contribution in [0.15, 0.2) is 0 Å². The molecule has 0 saturated carbocycles. The predicted molar refractivity (Wildman–Crippen MR) is 77.5 cm³/mol. The minimum atomic E-state index is -0.470. The van der Waals surface area contributed by atoms with Crippen LogP contribution in [0.25, 0.3) is 0 Å². The van der Waals surface area contributed by atoms with Gasteiger partial charge in [-0.05, 0) is 33.6 Å². The smallest absolute Gasteiger partial charge is 0.410 e. The van der Waals surface area contributed by atoms with Crippen LogP contribution in [0.3, 0.4) is 0 Å². The number of ether oxygens (including phenoxy) is 1. The van der Waals surface area contributed by atoms with Gasteiger partial charge in [0.2, 0.25) is 5.91 Å². The molecule has 1 aliphatic heterocycles. The molecule has 0 aromatic carbocycles. The zero-order valence-corrected chi connectivity index (χ0v) is 13.0. The van der Waals surface area contributed by atoms with E-state index in [1.807, 2.05) is 27.7 Å². The van der Waals surface area contributed by atoms with Gasteiger partial charge in [0.1, 0.15) is 5.60 Å². The summed E-state index contributed by atoms with van der Waals surface area (Å²) in [5.74, 6) is 0.00238. The minimum absolute atomic E-state index is 0.00238. The number of nitrogens with zero attached hydrogens (tertiary/aromatic N) is 1. The molecule has 116 valence electrons. The molecule has 1 saturated heterocycles. The largest absolute Gasteiger partial charge is 0.444 e. The topological polar surface area (TPSA) is 70.7 Å². The highest BCUT2D eigenvalue weighted by Gasteiger charge is 2.29. The van der Waals surface area contributed by atoms with Crippen molar-refractivity contribution in [3.05, 3.63) is 0 Å². The van der Waals surface area contributed by atoms with Gasteiger partial charge in [-0.2, -0.15) is 0 Å². The van der Waals surface area contributed by atoms with Crippen molar-refractivity contribution in [1.82, 2.24) is 15.5 Å². The molecule has 1 unspecified atom stereocenters. The van der Waals surface area contributed by atoms with E-state index in [1.165, 1.54) is 0 Å². The zero-order chi connectivity index (χ0) is 15.2. The van der Waals surface area contributed by atoms with Gasteiger partial charge in [-0.3, -0.25) is 4.79 Å². The second-order valence-electron chi connectivity index (χ2n) is 6.14. The molecule has 1 heterocycles. The Morgan fingerprint density at radius 3 is 2.65 bits per heavy atom. The third-order valence-corrected chi connectivity index (χ3v) is 2.96. The van der Waals surface area contributed by atoms with E-state index in [1.54, 1.807) is 4.90 Å². The van der Waals surface area contributed by atoms with Crippen LogP contribution in [0.5, 0.6) is 0 Å². The Balaban J connectivity index is 2.26. The van der Waals surface area contributed by atoms with Crippen LogP contribution in [0, 0.1) is 0 Å². The molecule has 0 spiro atoms. The molecule has 0 aromatic rings. The lowest BCUT2D eigenvalue weighted by molar-refractivity contribution is -0.120. The minimum Gasteiger partial charge on any atom is -0.444 e. The van der Waals surface area contributed by atoms with Crippen LogP contribution in [-0.4, -0.2) is 54.7 Å². The molecule has 1 rings (SSSR count). The molecule has 1 aliphatic rings. The van der Waals surface area contributed by atoms with Gasteiger partial charge in [-0.1, -0.05) is 6.92 Å². The summed E-state index contributed by atoms with van der Waals surface area (Å²) in [6.07, 6.45) is 1.50. The Bertz CT molecular complexity index is 339. The summed E-state index contributed by atoms with van der Waals surface area (Å²) in [4.78, 5) is 25.1. The first-order chi connectivity index (χ1) is 9.31. The van der Waals surface area contributed by atoms with Crippen LogP contribution >= 0.6 is 0 Å². The van der Waals surface area contributed by atoms with Gasteiger partial charge in [-0.25, -0.2) is 4.79 Å². The highest BCUT2D eigenvalue weighted by molar-refractivity contribution is 5.78. The summed E-state index contributed by atoms with van der Waals surface area (Å²) in [5, 5.41) is 5.99. The molecule has 2 amide bonds. The molecule has 20 heavy (non-hydrogen) atoms. The second-order valence-corrected chi connectivity index (χ2v) is 6.14. The molecule has 0 radical (unpaired) electrons. The Morgan fingerprint density at radius 1 is 1.35 bits per heavy atom. The van der Waals surface area contributed by atoms with Gasteiger partial charge in [0.25, 0.3) is 0 Å². The third kappa shape index (κ3) is 6.23. The number of hydrogen-bond donors (Lipinski definition) is 2. The van der Waals surface area contributed by atoms with E-state index in [0.29, 0.717) is 26.2 Å². The molecule has 1 fully saturated rings. The molecule has 2 N–H and O–H groups in total. The summed E-state index contributed by atoms with van der Waals surface area (Å²) in [5.41, 5.74) is -0.470. The van der Waals surface area contributed by atoms with Crippen LogP contribution < -0.4 is 10.6 Å². The van der Waals surface area contributed by atoms with Crippen LogP contribution in [-0.2, 0) is 9.53 Å². The first-order valence-corrected chi connectivity index (χ1v) is 7.30. The van der Waals surface area contributed by atoms with E-state index in [0.717, 1.165) is 12.8 Å². The maximum atomic E-state index is 11.9. The molecule has 0 bridgehead atoms. The van der Waals surface area contributed by atoms with Crippen molar-refractivity contribution in [2.24, 2.45) is 0 Å². The highest BCUT2D eigenvalue weighted by Crippen LogP contribution is 2.15. The standard InChI is InChI=1S/C14H27N3O3/c1-5-7-15-12(18)9-16-11-6-8-17(10-11)13(19)20-14(2,3)4/h11,16H,5-10H2,1-4H3,(H,15,18). The lowest BCUT2D eigenvalue weighted by Crippen LogP contribution is -2.42. The van der Waals surface area contributed by atoms with E-state index in [2.05, 4.69) is 10.6 Å². The maximum Gasteiger partial charge on any atom is 0.410 e. The quantitative estimate of drug-likeness (QED) is 0.794. The van der Waals surface area contributed by atoms with Gasteiger partial charge >= 0.3 is 6.09 Å². The number of amides is 2. The first kappa shape index (κ1) is 16.8. The third-order valence-electron chi connectivity index (χ3n) is 2.96. The maximum absolute atomic E-state index is 11.9. The Kier molecular flexibility index (Phi) is 6.26. The first-order valence-electron chi connectivity index (χ1n) is 7.30. The number of rotatable bonds is 5. The summed E-state index contributed by atoms with van der Waals surface area (Å²) in [6.45, 7) is 9.85. The highest BCUT2D eigenvalue weighted by atomic mass is 16.6. The fraction of sp³-hybridized carbons (Fsp3) is 0.857. The van der Waals surface area contributed by atoms with Crippen molar-refractivity contribution < 1.29 is 14.3 Å². The van der Waals surface area contributed by atoms with Crippen molar-refractivity contribution in [3.63, 3.8) is 0 Å². The summed E-state index contributed by atoms with van der Waals surface area (Å²) in [6, 6.07) is 0.162. The number of likely N-dealkylation sites (tertiary alicyclic amines) is 1. The van der Waals surface area contributed by atoms with E-state index in [-0.39, 0.29) is 18.0 Å². The average Bonchev–Trinajstić information content (AvgIpc) is 2.80. The lowest BCUT2D eigenvalue weighted by Gasteiger charge is -2.24. The van der Waals surface area contributed by atoms with Crippen molar-refractivity contribution in [3.8, 4) is 0 Å². The van der Waals surface area contributed by atoms with Gasteiger partial charge in [-0.15, -0.1) is 0 Å². The second kappa shape index (κ2) is 7.47. The SMILES string of the molecule is CCCNC(=O)CNC1CCN(C(=O)OC(C)(C)C)C1. The Hall–Kier alpha value is -1.30. The van der Waals surface area contributed by atoms with E-state index in [4.69, 9.17) is 4.74 Å². The van der Waals surface area contributed by atoms with Gasteiger partial charge in [0.05, 0.1) is 6.54 Å². The van der Waals surface area contributed by atoms with Crippen LogP contribution in [0.4, 0.5) is 4.79 Å². The van der Waals surface area contributed by atoms with Crippen LogP contribution in [0.2, 0.25) is 0 Å². The molecule has 0 aliphatic carbocycles. The molecule has 6 heteroatoms.